The van der Waals surface area contributed by atoms with Crippen LogP contribution in [0.3, 0.4) is 0 Å². The summed E-state index contributed by atoms with van der Waals surface area (Å²) >= 11 is 1.46. The Morgan fingerprint density at radius 3 is 2.19 bits per heavy atom. The minimum absolute atomic E-state index is 0. The molecule has 2 nitrogen and oxygen atoms in total. The van der Waals surface area contributed by atoms with E-state index in [9.17, 15) is 0 Å². The van der Waals surface area contributed by atoms with Gasteiger partial charge in [-0.05, 0) is 0 Å². The molecule has 1 unspecified atom stereocenters. The van der Waals surface area contributed by atoms with Crippen LogP contribution in [0.15, 0.2) is 66.7 Å². The van der Waals surface area contributed by atoms with Gasteiger partial charge in [0.25, 0.3) is 0 Å². The van der Waals surface area contributed by atoms with Crippen molar-refractivity contribution in [3.05, 3.63) is 110 Å². The second-order valence-corrected chi connectivity index (χ2v) is 16.0. The third-order valence-electron chi connectivity index (χ3n) is 6.59. The van der Waals surface area contributed by atoms with Crippen LogP contribution in [0, 0.1) is 10.4 Å². The van der Waals surface area contributed by atoms with E-state index in [1.807, 2.05) is 0 Å². The molecule has 0 saturated carbocycles. The molecule has 0 spiro atoms. The second-order valence-electron chi connectivity index (χ2n) is 10.3. The van der Waals surface area contributed by atoms with Gasteiger partial charge >= 0.3 is 219 Å². The topological polar surface area (TPSA) is 18.5 Å². The quantitative estimate of drug-likeness (QED) is 0.277. The molecule has 0 aliphatic heterocycles. The fraction of sp³-hybridized carbons (Fsp3) is 0.267. The first-order valence-electron chi connectivity index (χ1n) is 12.0. The van der Waals surface area contributed by atoms with Crippen LogP contribution in [0.2, 0.25) is 19.6 Å². The van der Waals surface area contributed by atoms with Crippen molar-refractivity contribution in [3.8, 4) is 0 Å². The van der Waals surface area contributed by atoms with E-state index in [-0.39, 0.29) is 30.7 Å². The Labute approximate surface area is 242 Å². The summed E-state index contributed by atoms with van der Waals surface area (Å²) in [5, 5.41) is 5.47. The molecule has 185 valence electrons. The molecule has 6 heteroatoms. The Morgan fingerprint density at radius 1 is 0.833 bits per heavy atom. The van der Waals surface area contributed by atoms with Gasteiger partial charge in [-0.2, -0.15) is 0 Å². The molecule has 0 N–H and O–H groups in total. The standard InChI is InChI=1S/C30H31O2Si.2ClH.Zr/c1-20(2)22-14-15-25-23-11-7-6-10-21(23)18-27(25)30(22)28-19-29(26-13-9-8-12-24(26)28)31-16-17-32-33(3,4)5;;;/h6-15,19,28H,16-17H2,1-5H3;2*1H;/q;;;+2/p-2. The maximum atomic E-state index is 6.34. The third kappa shape index (κ3) is 5.40. The first-order chi connectivity index (χ1) is 16.3. The van der Waals surface area contributed by atoms with Crippen LogP contribution in [0.25, 0.3) is 14.6 Å². The molecular weight excluding hydrogens is 583 g/mol. The molecule has 0 radical (unpaired) electrons. The van der Waals surface area contributed by atoms with Crippen molar-refractivity contribution < 1.29 is 58.7 Å². The Hall–Kier alpha value is -1.42. The van der Waals surface area contributed by atoms with E-state index in [4.69, 9.17) is 9.16 Å². The van der Waals surface area contributed by atoms with Crippen molar-refractivity contribution >= 4 is 22.9 Å². The summed E-state index contributed by atoms with van der Waals surface area (Å²) in [6, 6.07) is 22.2. The van der Waals surface area contributed by atoms with Gasteiger partial charge in [-0.1, -0.05) is 0 Å². The van der Waals surface area contributed by atoms with E-state index in [1.54, 1.807) is 0 Å². The number of allylic oxidation sites excluding steroid dienone is 1. The molecule has 0 aromatic heterocycles. The van der Waals surface area contributed by atoms with Crippen molar-refractivity contribution in [1.82, 2.24) is 0 Å². The monoisotopic (exact) mass is 611 g/mol. The van der Waals surface area contributed by atoms with Crippen LogP contribution in [0.1, 0.15) is 42.0 Å². The Balaban J connectivity index is 0.00000180. The third-order valence-corrected chi connectivity index (χ3v) is 8.93. The number of hydrogen-bond donors (Lipinski definition) is 0. The van der Waals surface area contributed by atoms with Gasteiger partial charge in [0, 0.05) is 0 Å². The number of ether oxygens (including phenoxy) is 1. The van der Waals surface area contributed by atoms with Gasteiger partial charge in [-0.25, -0.2) is 0 Å². The minimum atomic E-state index is -1.54. The second kappa shape index (κ2) is 11.5. The summed E-state index contributed by atoms with van der Waals surface area (Å²) in [7, 11) is -1.54. The number of rotatable bonds is 6. The molecule has 3 aromatic rings. The van der Waals surface area contributed by atoms with Crippen molar-refractivity contribution in [1.29, 1.82) is 0 Å². The van der Waals surface area contributed by atoms with Crippen molar-refractivity contribution in [2.24, 2.45) is 0 Å². The maximum Gasteiger partial charge on any atom is -1.00 e. The van der Waals surface area contributed by atoms with Crippen LogP contribution >= 0.6 is 0 Å². The zero-order valence-corrected chi connectivity index (χ0v) is 26.4. The molecule has 2 aliphatic rings. The number of fused-ring (bicyclic) bond motifs is 3. The fourth-order valence-electron chi connectivity index (χ4n) is 5.13. The summed E-state index contributed by atoms with van der Waals surface area (Å²) in [5.41, 5.74) is 6.74. The van der Waals surface area contributed by atoms with Crippen LogP contribution in [0.4, 0.5) is 0 Å². The summed E-state index contributed by atoms with van der Waals surface area (Å²) in [6.45, 7) is 12.3. The molecule has 0 fully saturated rings. The summed E-state index contributed by atoms with van der Waals surface area (Å²) in [4.78, 5) is 0. The van der Waals surface area contributed by atoms with E-state index in [2.05, 4.69) is 100 Å². The smallest absolute Gasteiger partial charge is 1.00 e. The van der Waals surface area contributed by atoms with Gasteiger partial charge in [0.15, 0.2) is 0 Å². The number of halogens is 2. The van der Waals surface area contributed by atoms with Gasteiger partial charge in [-0.3, -0.25) is 0 Å². The Kier molecular flexibility index (Phi) is 9.34. The van der Waals surface area contributed by atoms with Crippen molar-refractivity contribution in [2.75, 3.05) is 13.2 Å². The number of benzene rings is 3. The normalized spacial score (nSPS) is 15.2. The molecule has 5 rings (SSSR count). The molecular formula is C30H31Cl2O2SiZr. The van der Waals surface area contributed by atoms with E-state index >= 15 is 0 Å². The van der Waals surface area contributed by atoms with Crippen LogP contribution in [-0.4, -0.2) is 21.5 Å². The van der Waals surface area contributed by atoms with Gasteiger partial charge in [-0.15, -0.1) is 0 Å². The van der Waals surface area contributed by atoms with Gasteiger partial charge in [0.05, 0.1) is 0 Å². The van der Waals surface area contributed by atoms with E-state index in [1.165, 1.54) is 76.7 Å². The zero-order chi connectivity index (χ0) is 24.0. The zero-order valence-electron chi connectivity index (χ0n) is 21.4. The largest absolute Gasteiger partial charge is 1.00 e. The minimum Gasteiger partial charge on any atom is -1.00 e. The first kappa shape index (κ1) is 29.1. The Morgan fingerprint density at radius 2 is 1.50 bits per heavy atom. The molecule has 3 aromatic carbocycles. The number of hydrogen-bond acceptors (Lipinski definition) is 2. The molecule has 0 amide bonds. The van der Waals surface area contributed by atoms with E-state index < -0.39 is 8.32 Å². The van der Waals surface area contributed by atoms with Crippen LogP contribution < -0.4 is 35.3 Å². The average Bonchev–Trinajstić information content (AvgIpc) is 3.32. The van der Waals surface area contributed by atoms with Crippen molar-refractivity contribution in [2.45, 2.75) is 39.4 Å². The molecule has 1 atom stereocenters. The summed E-state index contributed by atoms with van der Waals surface area (Å²) in [6.07, 6.45) is 2.34. The van der Waals surface area contributed by atoms with Crippen molar-refractivity contribution in [3.63, 3.8) is 0 Å². The first-order valence-corrected chi connectivity index (χ1v) is 16.6. The SMILES string of the molecule is CC(C)=c1ccc2c(c1C1C=C(OCCO[Si](C)(C)C)c3ccccc31)[C]([Zr+2])=c1ccccc1=2.[Cl-].[Cl-]. The van der Waals surface area contributed by atoms with E-state index in [0.29, 0.717) is 13.2 Å². The van der Waals surface area contributed by atoms with Gasteiger partial charge < -0.3 is 24.8 Å². The predicted molar refractivity (Wildman–Crippen MR) is 139 cm³/mol. The van der Waals surface area contributed by atoms with Crippen LogP contribution in [-0.2, 0) is 33.9 Å². The maximum absolute atomic E-state index is 6.34. The van der Waals surface area contributed by atoms with Gasteiger partial charge in [0.2, 0.25) is 0 Å². The fourth-order valence-corrected chi connectivity index (χ4v) is 7.02. The summed E-state index contributed by atoms with van der Waals surface area (Å²) < 4.78 is 13.8. The van der Waals surface area contributed by atoms with Crippen LogP contribution in [0.5, 0.6) is 0 Å². The Bertz CT molecular complexity index is 1540. The van der Waals surface area contributed by atoms with E-state index in [0.717, 1.165) is 5.76 Å². The van der Waals surface area contributed by atoms with Gasteiger partial charge in [0.1, 0.15) is 0 Å². The molecule has 0 saturated heterocycles. The molecule has 2 aliphatic carbocycles. The predicted octanol–water partition coefficient (Wildman–Crippen LogP) is -0.457. The molecule has 0 heterocycles. The average molecular weight is 614 g/mol. The summed E-state index contributed by atoms with van der Waals surface area (Å²) in [5.74, 6) is 1.16. The molecule has 36 heavy (non-hydrogen) atoms. The molecule has 0 bridgehead atoms.